The predicted molar refractivity (Wildman–Crippen MR) is 73.5 cm³/mol. The van der Waals surface area contributed by atoms with Crippen LogP contribution < -0.4 is 0 Å². The number of hydrogen-bond acceptors (Lipinski definition) is 5. The zero-order valence-electron chi connectivity index (χ0n) is 12.0. The molecule has 1 fully saturated rings. The number of carbonyl (C=O) groups is 2. The molecule has 8 heteroatoms. The molecule has 0 aliphatic carbocycles. The summed E-state index contributed by atoms with van der Waals surface area (Å²) < 4.78 is 29.4. The summed E-state index contributed by atoms with van der Waals surface area (Å²) in [5, 5.41) is 0. The zero-order valence-corrected chi connectivity index (χ0v) is 12.8. The van der Waals surface area contributed by atoms with Gasteiger partial charge < -0.3 is 9.64 Å². The highest BCUT2D eigenvalue weighted by molar-refractivity contribution is 7.89. The molecule has 1 aliphatic heterocycles. The molecule has 1 amide bonds. The normalized spacial score (nSPS) is 15.7. The van der Waals surface area contributed by atoms with Gasteiger partial charge in [0.15, 0.2) is 0 Å². The molecule has 20 heavy (non-hydrogen) atoms. The van der Waals surface area contributed by atoms with Crippen LogP contribution in [0.15, 0.2) is 0 Å². The molecule has 0 radical (unpaired) electrons. The second kappa shape index (κ2) is 7.58. The Kier molecular flexibility index (Phi) is 6.41. The lowest BCUT2D eigenvalue weighted by atomic mass is 10.3. The van der Waals surface area contributed by atoms with E-state index in [9.17, 15) is 18.0 Å². The van der Waals surface area contributed by atoms with Gasteiger partial charge in [0.1, 0.15) is 0 Å². The van der Waals surface area contributed by atoms with E-state index in [2.05, 4.69) is 4.74 Å². The highest BCUT2D eigenvalue weighted by Crippen LogP contribution is 2.09. The molecular weight excluding hydrogens is 284 g/mol. The Bertz CT molecular complexity index is 443. The monoisotopic (exact) mass is 306 g/mol. The second-order valence-corrected chi connectivity index (χ2v) is 7.04. The number of esters is 1. The van der Waals surface area contributed by atoms with Crippen LogP contribution in [0.25, 0.3) is 0 Å². The van der Waals surface area contributed by atoms with Gasteiger partial charge in [-0.25, -0.2) is 8.42 Å². The fourth-order valence-electron chi connectivity index (χ4n) is 2.01. The average molecular weight is 306 g/mol. The molecular formula is C12H22N2O5S. The lowest BCUT2D eigenvalue weighted by Gasteiger charge is -2.21. The van der Waals surface area contributed by atoms with Gasteiger partial charge in [0.05, 0.1) is 19.4 Å². The number of amides is 1. The summed E-state index contributed by atoms with van der Waals surface area (Å²) in [6.07, 6.45) is 2.20. The summed E-state index contributed by atoms with van der Waals surface area (Å²) in [5.74, 6) is -0.760. The number of likely N-dealkylation sites (tertiary alicyclic amines) is 1. The van der Waals surface area contributed by atoms with Gasteiger partial charge in [-0.05, 0) is 19.3 Å². The first-order valence-corrected chi connectivity index (χ1v) is 8.26. The fourth-order valence-corrected chi connectivity index (χ4v) is 3.14. The van der Waals surface area contributed by atoms with E-state index >= 15 is 0 Å². The SMILES string of the molecule is COC(=O)CCCS(=O)(=O)N(C)CC(=O)N1CCCC1. The van der Waals surface area contributed by atoms with E-state index in [-0.39, 0.29) is 31.0 Å². The Hall–Kier alpha value is -1.15. The van der Waals surface area contributed by atoms with Crippen LogP contribution in [-0.4, -0.2) is 69.0 Å². The third kappa shape index (κ3) is 5.09. The van der Waals surface area contributed by atoms with Gasteiger partial charge in [0.25, 0.3) is 0 Å². The second-order valence-electron chi connectivity index (χ2n) is 4.84. The number of hydrogen-bond donors (Lipinski definition) is 0. The van der Waals surface area contributed by atoms with Crippen molar-refractivity contribution in [2.45, 2.75) is 25.7 Å². The quantitative estimate of drug-likeness (QED) is 0.609. The summed E-state index contributed by atoms with van der Waals surface area (Å²) in [5.41, 5.74) is 0. The third-order valence-electron chi connectivity index (χ3n) is 3.30. The maximum absolute atomic E-state index is 12.0. The van der Waals surface area contributed by atoms with Crippen molar-refractivity contribution in [3.63, 3.8) is 0 Å². The predicted octanol–water partition coefficient (Wildman–Crippen LogP) is -0.176. The Labute approximate surface area is 119 Å². The number of rotatable bonds is 7. The van der Waals surface area contributed by atoms with Crippen LogP contribution in [0.4, 0.5) is 0 Å². The van der Waals surface area contributed by atoms with Crippen molar-refractivity contribution >= 4 is 21.9 Å². The number of nitrogens with zero attached hydrogens (tertiary/aromatic N) is 2. The molecule has 0 unspecified atom stereocenters. The molecule has 1 saturated heterocycles. The topological polar surface area (TPSA) is 84.0 Å². The maximum Gasteiger partial charge on any atom is 0.305 e. The van der Waals surface area contributed by atoms with Gasteiger partial charge in [-0.3, -0.25) is 9.59 Å². The van der Waals surface area contributed by atoms with Crippen molar-refractivity contribution < 1.29 is 22.7 Å². The van der Waals surface area contributed by atoms with Crippen molar-refractivity contribution in [1.29, 1.82) is 0 Å². The Morgan fingerprint density at radius 3 is 2.40 bits per heavy atom. The minimum atomic E-state index is -3.51. The van der Waals surface area contributed by atoms with Gasteiger partial charge in [0.2, 0.25) is 15.9 Å². The lowest BCUT2D eigenvalue weighted by molar-refractivity contribution is -0.140. The molecule has 116 valence electrons. The fraction of sp³-hybridized carbons (Fsp3) is 0.833. The van der Waals surface area contributed by atoms with E-state index in [1.54, 1.807) is 4.90 Å². The first-order valence-electron chi connectivity index (χ1n) is 6.65. The van der Waals surface area contributed by atoms with E-state index in [1.807, 2.05) is 0 Å². The van der Waals surface area contributed by atoms with E-state index in [0.717, 1.165) is 17.1 Å². The van der Waals surface area contributed by atoms with Crippen molar-refractivity contribution in [3.8, 4) is 0 Å². The van der Waals surface area contributed by atoms with Gasteiger partial charge in [-0.2, -0.15) is 4.31 Å². The lowest BCUT2D eigenvalue weighted by Crippen LogP contribution is -2.40. The zero-order chi connectivity index (χ0) is 15.2. The van der Waals surface area contributed by atoms with Crippen molar-refractivity contribution in [2.75, 3.05) is 39.5 Å². The number of likely N-dealkylation sites (N-methyl/N-ethyl adjacent to an activating group) is 1. The Morgan fingerprint density at radius 1 is 1.25 bits per heavy atom. The Morgan fingerprint density at radius 2 is 1.85 bits per heavy atom. The summed E-state index contributed by atoms with van der Waals surface area (Å²) in [6.45, 7) is 1.27. The molecule has 0 aromatic heterocycles. The molecule has 0 spiro atoms. The summed E-state index contributed by atoms with van der Waals surface area (Å²) in [6, 6.07) is 0. The van der Waals surface area contributed by atoms with Crippen LogP contribution in [0.2, 0.25) is 0 Å². The largest absolute Gasteiger partial charge is 0.469 e. The molecule has 0 bridgehead atoms. The van der Waals surface area contributed by atoms with Gasteiger partial charge in [-0.15, -0.1) is 0 Å². The molecule has 0 aromatic rings. The van der Waals surface area contributed by atoms with Gasteiger partial charge >= 0.3 is 5.97 Å². The highest BCUT2D eigenvalue weighted by atomic mass is 32.2. The summed E-state index contributed by atoms with van der Waals surface area (Å²) in [4.78, 5) is 24.5. The van der Waals surface area contributed by atoms with E-state index < -0.39 is 16.0 Å². The van der Waals surface area contributed by atoms with Crippen LogP contribution in [0.3, 0.4) is 0 Å². The molecule has 1 rings (SSSR count). The molecule has 0 saturated carbocycles. The van der Waals surface area contributed by atoms with Gasteiger partial charge in [-0.1, -0.05) is 0 Å². The van der Waals surface area contributed by atoms with Crippen molar-refractivity contribution in [2.24, 2.45) is 0 Å². The summed E-state index contributed by atoms with van der Waals surface area (Å²) >= 11 is 0. The van der Waals surface area contributed by atoms with Gasteiger partial charge in [0, 0.05) is 26.6 Å². The standard InChI is InChI=1S/C12H22N2O5S/c1-13(10-11(15)14-7-3-4-8-14)20(17,18)9-5-6-12(16)19-2/h3-10H2,1-2H3. The third-order valence-corrected chi connectivity index (χ3v) is 5.19. The number of sulfonamides is 1. The number of ether oxygens (including phenoxy) is 1. The number of carbonyl (C=O) groups excluding carboxylic acids is 2. The minimum absolute atomic E-state index is 0.0592. The first-order chi connectivity index (χ1) is 9.36. The number of methoxy groups -OCH3 is 1. The first kappa shape index (κ1) is 16.9. The molecule has 0 aromatic carbocycles. The average Bonchev–Trinajstić information content (AvgIpc) is 2.92. The van der Waals surface area contributed by atoms with E-state index in [0.29, 0.717) is 13.1 Å². The molecule has 0 N–H and O–H groups in total. The van der Waals surface area contributed by atoms with Crippen LogP contribution in [0.1, 0.15) is 25.7 Å². The van der Waals surface area contributed by atoms with Crippen LogP contribution in [0, 0.1) is 0 Å². The van der Waals surface area contributed by atoms with E-state index in [1.165, 1.54) is 14.2 Å². The molecule has 1 heterocycles. The smallest absolute Gasteiger partial charge is 0.305 e. The molecule has 1 aliphatic rings. The maximum atomic E-state index is 12.0. The highest BCUT2D eigenvalue weighted by Gasteiger charge is 2.24. The molecule has 0 atom stereocenters. The minimum Gasteiger partial charge on any atom is -0.469 e. The van der Waals surface area contributed by atoms with Crippen molar-refractivity contribution in [3.05, 3.63) is 0 Å². The van der Waals surface area contributed by atoms with Crippen LogP contribution in [-0.2, 0) is 24.3 Å². The van der Waals surface area contributed by atoms with E-state index in [4.69, 9.17) is 0 Å². The summed E-state index contributed by atoms with van der Waals surface area (Å²) in [7, 11) is -0.859. The van der Waals surface area contributed by atoms with Crippen LogP contribution in [0.5, 0.6) is 0 Å². The Balaban J connectivity index is 2.41. The van der Waals surface area contributed by atoms with Crippen molar-refractivity contribution in [1.82, 2.24) is 9.21 Å². The molecule has 7 nitrogen and oxygen atoms in total. The van der Waals surface area contributed by atoms with Crippen LogP contribution >= 0.6 is 0 Å².